The molecule has 7 nitrogen and oxygen atoms in total. The summed E-state index contributed by atoms with van der Waals surface area (Å²) >= 11 is 0. The van der Waals surface area contributed by atoms with Crippen LogP contribution < -0.4 is 5.32 Å². The molecule has 0 saturated heterocycles. The van der Waals surface area contributed by atoms with Crippen molar-refractivity contribution >= 4 is 34.7 Å². The van der Waals surface area contributed by atoms with Crippen LogP contribution in [0.15, 0.2) is 47.0 Å². The number of hydrogen-bond acceptors (Lipinski definition) is 5. The Bertz CT molecular complexity index is 1240. The number of furan rings is 1. The van der Waals surface area contributed by atoms with Gasteiger partial charge >= 0.3 is 0 Å². The largest absolute Gasteiger partial charge is 0.459 e. The number of anilines is 1. The van der Waals surface area contributed by atoms with Crippen molar-refractivity contribution in [2.24, 2.45) is 5.41 Å². The predicted octanol–water partition coefficient (Wildman–Crippen LogP) is 4.38. The van der Waals surface area contributed by atoms with Crippen LogP contribution in [-0.2, 0) is 9.59 Å². The van der Waals surface area contributed by atoms with Crippen LogP contribution in [-0.4, -0.2) is 33.9 Å². The van der Waals surface area contributed by atoms with Crippen LogP contribution in [0.1, 0.15) is 55.4 Å². The van der Waals surface area contributed by atoms with Crippen molar-refractivity contribution in [1.29, 1.82) is 0 Å². The van der Waals surface area contributed by atoms with E-state index in [-0.39, 0.29) is 17.9 Å². The first-order valence-corrected chi connectivity index (χ1v) is 10.5. The van der Waals surface area contributed by atoms with Gasteiger partial charge in [-0.25, -0.2) is 4.98 Å². The molecular weight excluding hydrogens is 406 g/mol. The molecule has 0 radical (unpaired) electrons. The number of amides is 2. The fraction of sp³-hybridized carbons (Fsp3) is 0.320. The number of fused-ring (bicyclic) bond motifs is 2. The number of rotatable bonds is 4. The van der Waals surface area contributed by atoms with Crippen LogP contribution in [0.3, 0.4) is 0 Å². The van der Waals surface area contributed by atoms with Gasteiger partial charge in [0.25, 0.3) is 0 Å². The average molecular weight is 434 g/mol. The highest BCUT2D eigenvalue weighted by molar-refractivity contribution is 5.98. The number of nitrogens with one attached hydrogen (secondary N) is 1. The lowest BCUT2D eigenvalue weighted by atomic mass is 9.79. The van der Waals surface area contributed by atoms with Gasteiger partial charge in [-0.2, -0.15) is 0 Å². The minimum absolute atomic E-state index is 0.191. The Kier molecular flexibility index (Phi) is 5.38. The molecule has 1 unspecified atom stereocenters. The molecule has 3 heterocycles. The smallest absolute Gasteiger partial charge is 0.246 e. The van der Waals surface area contributed by atoms with E-state index >= 15 is 0 Å². The third-order valence-corrected chi connectivity index (χ3v) is 6.34. The predicted molar refractivity (Wildman–Crippen MR) is 123 cm³/mol. The van der Waals surface area contributed by atoms with Crippen molar-refractivity contribution in [3.8, 4) is 0 Å². The molecule has 0 spiro atoms. The molecule has 2 amide bonds. The van der Waals surface area contributed by atoms with E-state index in [1.54, 1.807) is 44.1 Å². The first-order valence-electron chi connectivity index (χ1n) is 10.5. The molecule has 0 saturated carbocycles. The van der Waals surface area contributed by atoms with Crippen molar-refractivity contribution in [2.75, 3.05) is 12.4 Å². The summed E-state index contributed by atoms with van der Waals surface area (Å²) in [7, 11) is 1.73. The maximum absolute atomic E-state index is 12.8. The fourth-order valence-electron chi connectivity index (χ4n) is 3.93. The lowest BCUT2D eigenvalue weighted by molar-refractivity contribution is -0.131. The Morgan fingerprint density at radius 2 is 2.06 bits per heavy atom. The third kappa shape index (κ3) is 3.58. The van der Waals surface area contributed by atoms with Crippen LogP contribution in [0.25, 0.3) is 17.0 Å². The molecule has 0 aliphatic carbocycles. The molecule has 166 valence electrons. The molecule has 2 atom stereocenters. The van der Waals surface area contributed by atoms with E-state index in [1.807, 2.05) is 38.1 Å². The molecule has 4 rings (SSSR count). The molecule has 32 heavy (non-hydrogen) atoms. The molecule has 0 bridgehead atoms. The van der Waals surface area contributed by atoms with Crippen LogP contribution >= 0.6 is 0 Å². The Hall–Kier alpha value is -3.45. The summed E-state index contributed by atoms with van der Waals surface area (Å²) in [6.45, 7) is 7.28. The number of hydrogen-bond donors (Lipinski definition) is 2. The van der Waals surface area contributed by atoms with E-state index in [1.165, 1.54) is 6.08 Å². The van der Waals surface area contributed by atoms with Gasteiger partial charge < -0.3 is 19.7 Å². The molecule has 2 N–H and O–H groups in total. The summed E-state index contributed by atoms with van der Waals surface area (Å²) in [5.74, 6) is 0.632. The quantitative estimate of drug-likeness (QED) is 0.595. The highest BCUT2D eigenvalue weighted by Gasteiger charge is 2.42. The Morgan fingerprint density at radius 3 is 2.78 bits per heavy atom. The summed E-state index contributed by atoms with van der Waals surface area (Å²) in [6, 6.07) is 9.30. The summed E-state index contributed by atoms with van der Waals surface area (Å²) in [5, 5.41) is 14.4. The van der Waals surface area contributed by atoms with Crippen molar-refractivity contribution in [1.82, 2.24) is 9.88 Å². The molecule has 2 aromatic heterocycles. The van der Waals surface area contributed by atoms with Gasteiger partial charge in [0.1, 0.15) is 17.2 Å². The second-order valence-corrected chi connectivity index (χ2v) is 8.83. The normalized spacial score (nSPS) is 18.4. The van der Waals surface area contributed by atoms with Crippen LogP contribution in [0, 0.1) is 12.3 Å². The van der Waals surface area contributed by atoms with Crippen molar-refractivity contribution < 1.29 is 19.1 Å². The molecule has 3 aromatic rings. The van der Waals surface area contributed by atoms with Gasteiger partial charge in [0, 0.05) is 35.8 Å². The molecule has 1 aromatic carbocycles. The lowest BCUT2D eigenvalue weighted by Crippen LogP contribution is -2.41. The highest BCUT2D eigenvalue weighted by Crippen LogP contribution is 2.41. The third-order valence-electron chi connectivity index (χ3n) is 6.34. The topological polar surface area (TPSA) is 95.7 Å². The molecule has 1 aliphatic heterocycles. The van der Waals surface area contributed by atoms with Crippen LogP contribution in [0.5, 0.6) is 0 Å². The standard InChI is InChI=1S/C25H27N3O4/c1-14-17-8-6-7-9-19(17)32-21(14)15(2)28(5)20(29)11-10-16-12-18-22(30)25(3,4)24(31)27-23(18)26-13-16/h6-13,15,22,30H,1-5H3,(H,26,27,31)/t15?,22-/m1/s1. The van der Waals surface area contributed by atoms with Crippen LogP contribution in [0.2, 0.25) is 0 Å². The number of pyridine rings is 1. The van der Waals surface area contributed by atoms with Gasteiger partial charge in [0.05, 0.1) is 17.6 Å². The Balaban J connectivity index is 1.53. The maximum Gasteiger partial charge on any atom is 0.246 e. The van der Waals surface area contributed by atoms with Crippen molar-refractivity contribution in [3.05, 3.63) is 65.1 Å². The summed E-state index contributed by atoms with van der Waals surface area (Å²) < 4.78 is 6.01. The first-order chi connectivity index (χ1) is 15.1. The van der Waals surface area contributed by atoms with Gasteiger partial charge in [-0.3, -0.25) is 9.59 Å². The maximum atomic E-state index is 12.8. The number of aliphatic hydroxyl groups excluding tert-OH is 1. The first kappa shape index (κ1) is 21.8. The molecular formula is C25H27N3O4. The Labute approximate surface area is 186 Å². The van der Waals surface area contributed by atoms with E-state index in [2.05, 4.69) is 10.3 Å². The van der Waals surface area contributed by atoms with Gasteiger partial charge in [-0.05, 0) is 51.5 Å². The zero-order valence-electron chi connectivity index (χ0n) is 18.8. The number of benzene rings is 1. The Morgan fingerprint density at radius 1 is 1.34 bits per heavy atom. The number of nitrogens with zero attached hydrogens (tertiary/aromatic N) is 2. The minimum atomic E-state index is -0.985. The van der Waals surface area contributed by atoms with E-state index in [0.29, 0.717) is 16.9 Å². The number of aromatic nitrogens is 1. The second-order valence-electron chi connectivity index (χ2n) is 8.83. The average Bonchev–Trinajstić information content (AvgIpc) is 3.12. The molecule has 1 aliphatic rings. The summed E-state index contributed by atoms with van der Waals surface area (Å²) in [6.07, 6.45) is 3.69. The van der Waals surface area contributed by atoms with E-state index in [4.69, 9.17) is 4.42 Å². The SMILES string of the molecule is Cc1c(C(C)N(C)C(=O)C=Cc2cnc3c(c2)[C@@H](O)C(C)(C)C(=O)N3)oc2ccccc12. The number of aliphatic hydroxyl groups is 1. The van der Waals surface area contributed by atoms with Gasteiger partial charge in [-0.1, -0.05) is 18.2 Å². The number of likely N-dealkylation sites (N-methyl/N-ethyl adjacent to an activating group) is 1. The van der Waals surface area contributed by atoms with Crippen LogP contribution in [0.4, 0.5) is 5.82 Å². The van der Waals surface area contributed by atoms with E-state index in [0.717, 1.165) is 22.3 Å². The number of carbonyl (C=O) groups is 2. The number of carbonyl (C=O) groups excluding carboxylic acids is 2. The molecule has 0 fully saturated rings. The van der Waals surface area contributed by atoms with Gasteiger partial charge in [-0.15, -0.1) is 0 Å². The zero-order chi connectivity index (χ0) is 23.2. The van der Waals surface area contributed by atoms with Crippen molar-refractivity contribution in [3.63, 3.8) is 0 Å². The van der Waals surface area contributed by atoms with Crippen molar-refractivity contribution in [2.45, 2.75) is 39.8 Å². The number of aryl methyl sites for hydroxylation is 1. The highest BCUT2D eigenvalue weighted by atomic mass is 16.3. The van der Waals surface area contributed by atoms with E-state index < -0.39 is 11.5 Å². The second kappa shape index (κ2) is 7.91. The number of para-hydroxylation sites is 1. The van der Waals surface area contributed by atoms with Gasteiger partial charge in [0.2, 0.25) is 11.8 Å². The monoisotopic (exact) mass is 433 g/mol. The lowest BCUT2D eigenvalue weighted by Gasteiger charge is -2.34. The molecule has 7 heteroatoms. The minimum Gasteiger partial charge on any atom is -0.459 e. The van der Waals surface area contributed by atoms with Gasteiger partial charge in [0.15, 0.2) is 0 Å². The van der Waals surface area contributed by atoms with E-state index in [9.17, 15) is 14.7 Å². The zero-order valence-corrected chi connectivity index (χ0v) is 18.8. The fourth-order valence-corrected chi connectivity index (χ4v) is 3.93. The summed E-state index contributed by atoms with van der Waals surface area (Å²) in [5.41, 5.74) is 2.05. The summed E-state index contributed by atoms with van der Waals surface area (Å²) in [4.78, 5) is 30.8.